The molecular weight excluding hydrogens is 326 g/mol. The third-order valence-electron chi connectivity index (χ3n) is 4.29. The number of rotatable bonds is 5. The van der Waals surface area contributed by atoms with Crippen LogP contribution in [0.2, 0.25) is 0 Å². The van der Waals surface area contributed by atoms with Gasteiger partial charge < -0.3 is 14.4 Å². The van der Waals surface area contributed by atoms with Crippen molar-refractivity contribution in [2.75, 3.05) is 0 Å². The van der Waals surface area contributed by atoms with Gasteiger partial charge in [0, 0.05) is 29.2 Å². The average molecular weight is 349 g/mol. The number of hydrogen-bond donors (Lipinski definition) is 1. The van der Waals surface area contributed by atoms with Crippen LogP contribution in [0.5, 0.6) is 0 Å². The first kappa shape index (κ1) is 17.7. The van der Waals surface area contributed by atoms with E-state index in [9.17, 15) is 4.79 Å². The van der Waals surface area contributed by atoms with Gasteiger partial charge in [-0.3, -0.25) is 4.79 Å². The third kappa shape index (κ3) is 3.94. The van der Waals surface area contributed by atoms with Gasteiger partial charge in [0.05, 0.1) is 12.2 Å². The lowest BCUT2D eigenvalue weighted by Gasteiger charge is -2.09. The van der Waals surface area contributed by atoms with Crippen molar-refractivity contribution in [1.29, 1.82) is 0 Å². The maximum absolute atomic E-state index is 12.0. The van der Waals surface area contributed by atoms with Crippen molar-refractivity contribution in [2.24, 2.45) is 0 Å². The summed E-state index contributed by atoms with van der Waals surface area (Å²) in [6, 6.07) is 12.3. The monoisotopic (exact) mass is 349 g/mol. The number of amides is 1. The van der Waals surface area contributed by atoms with Crippen molar-refractivity contribution in [2.45, 2.75) is 34.2 Å². The number of nitrogens with one attached hydrogen (secondary N) is 1. The minimum Gasteiger partial charge on any atom is -0.359 e. The number of aromatic nitrogens is 2. The largest absolute Gasteiger partial charge is 0.359 e. The van der Waals surface area contributed by atoms with Gasteiger partial charge >= 0.3 is 0 Å². The molecule has 2 heterocycles. The molecule has 0 saturated heterocycles. The topological polar surface area (TPSA) is 60.1 Å². The fourth-order valence-electron chi connectivity index (χ4n) is 2.95. The van der Waals surface area contributed by atoms with Crippen molar-refractivity contribution >= 4 is 12.0 Å². The van der Waals surface area contributed by atoms with E-state index in [2.05, 4.69) is 66.1 Å². The molecule has 134 valence electrons. The van der Waals surface area contributed by atoms with E-state index in [0.29, 0.717) is 12.3 Å². The first-order valence-electron chi connectivity index (χ1n) is 8.58. The van der Waals surface area contributed by atoms with Gasteiger partial charge in [0.25, 0.3) is 0 Å². The second-order valence-electron chi connectivity index (χ2n) is 6.48. The number of carbonyl (C=O) groups is 1. The summed E-state index contributed by atoms with van der Waals surface area (Å²) >= 11 is 0. The van der Waals surface area contributed by atoms with Crippen LogP contribution >= 0.6 is 0 Å². The highest BCUT2D eigenvalue weighted by Gasteiger charge is 2.09. The van der Waals surface area contributed by atoms with E-state index in [4.69, 9.17) is 4.52 Å². The van der Waals surface area contributed by atoms with Crippen LogP contribution in [0, 0.1) is 27.7 Å². The normalized spacial score (nSPS) is 11.2. The van der Waals surface area contributed by atoms with Crippen LogP contribution in [0.15, 0.2) is 47.0 Å². The van der Waals surface area contributed by atoms with Crippen LogP contribution in [0.1, 0.15) is 34.0 Å². The highest BCUT2D eigenvalue weighted by Crippen LogP contribution is 2.22. The van der Waals surface area contributed by atoms with Crippen LogP contribution in [-0.4, -0.2) is 15.6 Å². The maximum atomic E-state index is 12.0. The lowest BCUT2D eigenvalue weighted by atomic mass is 10.2. The Morgan fingerprint density at radius 1 is 1.15 bits per heavy atom. The van der Waals surface area contributed by atoms with Gasteiger partial charge in [-0.2, -0.15) is 0 Å². The van der Waals surface area contributed by atoms with E-state index in [1.165, 1.54) is 5.56 Å². The van der Waals surface area contributed by atoms with E-state index in [0.717, 1.165) is 28.3 Å². The minimum absolute atomic E-state index is 0.167. The Kier molecular flexibility index (Phi) is 5.07. The van der Waals surface area contributed by atoms with Crippen LogP contribution < -0.4 is 5.32 Å². The van der Waals surface area contributed by atoms with Crippen molar-refractivity contribution in [3.05, 3.63) is 76.4 Å². The summed E-state index contributed by atoms with van der Waals surface area (Å²) < 4.78 is 7.27. The maximum Gasteiger partial charge on any atom is 0.244 e. The Balaban J connectivity index is 1.71. The van der Waals surface area contributed by atoms with E-state index >= 15 is 0 Å². The molecule has 26 heavy (non-hydrogen) atoms. The summed E-state index contributed by atoms with van der Waals surface area (Å²) in [6.45, 7) is 8.37. The Labute approximate surface area is 153 Å². The number of aryl methyl sites for hydroxylation is 3. The van der Waals surface area contributed by atoms with Gasteiger partial charge in [-0.25, -0.2) is 0 Å². The van der Waals surface area contributed by atoms with E-state index in [1.807, 2.05) is 13.0 Å². The number of hydrogen-bond acceptors (Lipinski definition) is 3. The summed E-state index contributed by atoms with van der Waals surface area (Å²) in [6.07, 6.45) is 3.39. The Morgan fingerprint density at radius 2 is 1.88 bits per heavy atom. The molecule has 2 aromatic heterocycles. The van der Waals surface area contributed by atoms with Crippen LogP contribution in [0.3, 0.4) is 0 Å². The summed E-state index contributed by atoms with van der Waals surface area (Å²) in [4.78, 5) is 12.0. The molecule has 1 aromatic carbocycles. The van der Waals surface area contributed by atoms with Crippen LogP contribution in [0.4, 0.5) is 0 Å². The Hall–Kier alpha value is -3.08. The van der Waals surface area contributed by atoms with Crippen molar-refractivity contribution in [3.8, 4) is 5.69 Å². The molecule has 3 aromatic rings. The zero-order valence-corrected chi connectivity index (χ0v) is 15.5. The van der Waals surface area contributed by atoms with Gasteiger partial charge in [0.15, 0.2) is 5.76 Å². The first-order valence-corrected chi connectivity index (χ1v) is 8.58. The third-order valence-corrected chi connectivity index (χ3v) is 4.29. The van der Waals surface area contributed by atoms with Crippen LogP contribution in [0.25, 0.3) is 11.8 Å². The molecule has 0 spiro atoms. The number of benzene rings is 1. The zero-order valence-electron chi connectivity index (χ0n) is 15.5. The Bertz CT molecular complexity index is 946. The van der Waals surface area contributed by atoms with E-state index in [1.54, 1.807) is 12.1 Å². The summed E-state index contributed by atoms with van der Waals surface area (Å²) in [5.41, 5.74) is 6.40. The first-order chi connectivity index (χ1) is 12.4. The fraction of sp³-hybridized carbons (Fsp3) is 0.238. The SMILES string of the molecule is Cc1ccc(-n2c(C)cc(/C=C/C(=O)NCc3cc(C)no3)c2C)cc1. The second kappa shape index (κ2) is 7.44. The van der Waals surface area contributed by atoms with Gasteiger partial charge in [-0.1, -0.05) is 22.9 Å². The van der Waals surface area contributed by atoms with Gasteiger partial charge in [-0.15, -0.1) is 0 Å². The molecule has 0 radical (unpaired) electrons. The lowest BCUT2D eigenvalue weighted by Crippen LogP contribution is -2.19. The highest BCUT2D eigenvalue weighted by atomic mass is 16.5. The summed E-state index contributed by atoms with van der Waals surface area (Å²) in [5, 5.41) is 6.59. The van der Waals surface area contributed by atoms with Gasteiger partial charge in [0.1, 0.15) is 0 Å². The molecule has 0 atom stereocenters. The van der Waals surface area contributed by atoms with Gasteiger partial charge in [-0.05, 0) is 57.5 Å². The van der Waals surface area contributed by atoms with E-state index in [-0.39, 0.29) is 5.91 Å². The molecule has 0 aliphatic carbocycles. The second-order valence-corrected chi connectivity index (χ2v) is 6.48. The number of nitrogens with zero attached hydrogens (tertiary/aromatic N) is 2. The standard InChI is InChI=1S/C21H23N3O2/c1-14-5-8-19(9-6-14)24-16(3)12-18(17(24)4)7-10-21(25)22-13-20-11-15(2)23-26-20/h5-12H,13H2,1-4H3,(H,22,25)/b10-7+. The predicted molar refractivity (Wildman–Crippen MR) is 102 cm³/mol. The molecule has 0 aliphatic heterocycles. The fourth-order valence-corrected chi connectivity index (χ4v) is 2.95. The van der Waals surface area contributed by atoms with Crippen LogP contribution in [-0.2, 0) is 11.3 Å². The molecule has 0 unspecified atom stereocenters. The Morgan fingerprint density at radius 3 is 2.54 bits per heavy atom. The molecule has 1 N–H and O–H groups in total. The van der Waals surface area contributed by atoms with Crippen molar-refractivity contribution in [3.63, 3.8) is 0 Å². The molecule has 0 bridgehead atoms. The quantitative estimate of drug-likeness (QED) is 0.708. The zero-order chi connectivity index (χ0) is 18.7. The molecule has 3 rings (SSSR count). The molecule has 1 amide bonds. The lowest BCUT2D eigenvalue weighted by molar-refractivity contribution is -0.116. The molecule has 5 nitrogen and oxygen atoms in total. The highest BCUT2D eigenvalue weighted by molar-refractivity contribution is 5.91. The minimum atomic E-state index is -0.167. The smallest absolute Gasteiger partial charge is 0.244 e. The summed E-state index contributed by atoms with van der Waals surface area (Å²) in [7, 11) is 0. The van der Waals surface area contributed by atoms with Crippen molar-refractivity contribution < 1.29 is 9.32 Å². The summed E-state index contributed by atoms with van der Waals surface area (Å²) in [5.74, 6) is 0.473. The van der Waals surface area contributed by atoms with E-state index < -0.39 is 0 Å². The predicted octanol–water partition coefficient (Wildman–Crippen LogP) is 4.03. The molecule has 0 fully saturated rings. The average Bonchev–Trinajstić information content (AvgIpc) is 3.15. The van der Waals surface area contributed by atoms with Gasteiger partial charge in [0.2, 0.25) is 5.91 Å². The molecular formula is C21H23N3O2. The molecule has 5 heteroatoms. The number of carbonyl (C=O) groups excluding carboxylic acids is 1. The molecule has 0 saturated carbocycles. The molecule has 0 aliphatic rings. The van der Waals surface area contributed by atoms with Crippen molar-refractivity contribution in [1.82, 2.24) is 15.0 Å².